The van der Waals surface area contributed by atoms with E-state index in [1.165, 1.54) is 14.0 Å². The van der Waals surface area contributed by atoms with Gasteiger partial charge in [0.15, 0.2) is 0 Å². The molecule has 0 saturated heterocycles. The molecule has 0 atom stereocenters. The summed E-state index contributed by atoms with van der Waals surface area (Å²) in [6.45, 7) is 1.51. The summed E-state index contributed by atoms with van der Waals surface area (Å²) in [5, 5.41) is 0.487. The molecule has 15 heavy (non-hydrogen) atoms. The Bertz CT molecular complexity index is 374. The van der Waals surface area contributed by atoms with Gasteiger partial charge >= 0.3 is 0 Å². The fourth-order valence-electron chi connectivity index (χ4n) is 1.31. The van der Waals surface area contributed by atoms with Crippen LogP contribution in [0, 0.1) is 0 Å². The number of halogens is 1. The summed E-state index contributed by atoms with van der Waals surface area (Å²) >= 11 is 6.02. The Kier molecular flexibility index (Phi) is 3.97. The Morgan fingerprint density at radius 1 is 1.33 bits per heavy atom. The van der Waals surface area contributed by atoms with E-state index in [1.807, 2.05) is 0 Å². The first-order chi connectivity index (χ1) is 7.08. The summed E-state index contributed by atoms with van der Waals surface area (Å²) in [6, 6.07) is 3.38. The third-order valence-corrected chi connectivity index (χ3v) is 2.35. The molecular formula is C11H13ClO3. The lowest BCUT2D eigenvalue weighted by Crippen LogP contribution is -2.01. The van der Waals surface area contributed by atoms with Gasteiger partial charge in [0.25, 0.3) is 0 Å². The number of carbonyl (C=O) groups excluding carboxylic acids is 1. The number of carbonyl (C=O) groups is 1. The second kappa shape index (κ2) is 5.03. The van der Waals surface area contributed by atoms with Crippen LogP contribution in [0.2, 0.25) is 5.02 Å². The van der Waals surface area contributed by atoms with Crippen LogP contribution in [0.1, 0.15) is 12.5 Å². The topological polar surface area (TPSA) is 35.5 Å². The maximum atomic E-state index is 11.0. The number of benzene rings is 1. The Hall–Kier alpha value is -1.22. The normalized spacial score (nSPS) is 9.87. The summed E-state index contributed by atoms with van der Waals surface area (Å²) in [5.41, 5.74) is 0.701. The zero-order chi connectivity index (χ0) is 11.4. The van der Waals surface area contributed by atoms with E-state index >= 15 is 0 Å². The van der Waals surface area contributed by atoms with Crippen molar-refractivity contribution in [1.82, 2.24) is 0 Å². The van der Waals surface area contributed by atoms with Crippen LogP contribution in [-0.4, -0.2) is 20.0 Å². The first kappa shape index (κ1) is 11.9. The van der Waals surface area contributed by atoms with E-state index in [4.69, 9.17) is 21.1 Å². The summed E-state index contributed by atoms with van der Waals surface area (Å²) in [7, 11) is 3.09. The van der Waals surface area contributed by atoms with Gasteiger partial charge in [-0.25, -0.2) is 0 Å². The molecule has 0 aliphatic heterocycles. The van der Waals surface area contributed by atoms with E-state index in [0.717, 1.165) is 0 Å². The van der Waals surface area contributed by atoms with Crippen molar-refractivity contribution in [2.24, 2.45) is 0 Å². The lowest BCUT2D eigenvalue weighted by Gasteiger charge is -2.11. The van der Waals surface area contributed by atoms with Crippen molar-refractivity contribution < 1.29 is 14.3 Å². The van der Waals surface area contributed by atoms with E-state index in [-0.39, 0.29) is 12.2 Å². The van der Waals surface area contributed by atoms with Crippen molar-refractivity contribution in [3.8, 4) is 11.5 Å². The number of ether oxygens (including phenoxy) is 2. The second-order valence-electron chi connectivity index (χ2n) is 3.17. The summed E-state index contributed by atoms with van der Waals surface area (Å²) in [4.78, 5) is 11.0. The minimum Gasteiger partial charge on any atom is -0.497 e. The van der Waals surface area contributed by atoms with Crippen LogP contribution in [0.3, 0.4) is 0 Å². The van der Waals surface area contributed by atoms with Gasteiger partial charge in [-0.1, -0.05) is 11.6 Å². The molecule has 0 saturated carbocycles. The smallest absolute Gasteiger partial charge is 0.134 e. The minimum absolute atomic E-state index is 0.0420. The van der Waals surface area contributed by atoms with Gasteiger partial charge in [-0.3, -0.25) is 4.79 Å². The van der Waals surface area contributed by atoms with Crippen LogP contribution in [0.15, 0.2) is 12.1 Å². The van der Waals surface area contributed by atoms with Gasteiger partial charge < -0.3 is 9.47 Å². The lowest BCUT2D eigenvalue weighted by atomic mass is 10.1. The maximum absolute atomic E-state index is 11.0. The van der Waals surface area contributed by atoms with Crippen LogP contribution in [0.5, 0.6) is 11.5 Å². The zero-order valence-corrected chi connectivity index (χ0v) is 9.72. The number of hydrogen-bond donors (Lipinski definition) is 0. The number of hydrogen-bond acceptors (Lipinski definition) is 3. The van der Waals surface area contributed by atoms with Crippen LogP contribution < -0.4 is 9.47 Å². The molecule has 1 aromatic carbocycles. The molecule has 1 aromatic rings. The molecule has 0 fully saturated rings. The Morgan fingerprint density at radius 3 is 2.47 bits per heavy atom. The van der Waals surface area contributed by atoms with Gasteiger partial charge in [-0.15, -0.1) is 0 Å². The second-order valence-corrected chi connectivity index (χ2v) is 3.58. The molecule has 4 heteroatoms. The number of methoxy groups -OCH3 is 2. The Labute approximate surface area is 93.9 Å². The highest BCUT2D eigenvalue weighted by Gasteiger charge is 2.12. The van der Waals surface area contributed by atoms with Crippen molar-refractivity contribution >= 4 is 17.4 Å². The molecule has 82 valence electrons. The van der Waals surface area contributed by atoms with Crippen LogP contribution in [0.4, 0.5) is 0 Å². The maximum Gasteiger partial charge on any atom is 0.134 e. The number of ketones is 1. The van der Waals surface area contributed by atoms with Gasteiger partial charge in [0.1, 0.15) is 17.3 Å². The molecule has 0 heterocycles. The van der Waals surface area contributed by atoms with Gasteiger partial charge in [0, 0.05) is 18.1 Å². The van der Waals surface area contributed by atoms with Gasteiger partial charge in [-0.2, -0.15) is 0 Å². The van der Waals surface area contributed by atoms with E-state index in [2.05, 4.69) is 0 Å². The summed E-state index contributed by atoms with van der Waals surface area (Å²) in [5.74, 6) is 1.24. The van der Waals surface area contributed by atoms with Crippen molar-refractivity contribution in [3.63, 3.8) is 0 Å². The molecule has 0 aliphatic carbocycles. The molecule has 0 unspecified atom stereocenters. The molecule has 0 amide bonds. The molecule has 0 aromatic heterocycles. The van der Waals surface area contributed by atoms with E-state index in [0.29, 0.717) is 22.1 Å². The van der Waals surface area contributed by atoms with Crippen LogP contribution in [0.25, 0.3) is 0 Å². The fourth-order valence-corrected chi connectivity index (χ4v) is 1.58. The molecule has 0 radical (unpaired) electrons. The fraction of sp³-hybridized carbons (Fsp3) is 0.364. The Balaban J connectivity index is 3.18. The SMILES string of the molecule is COc1cc(Cl)c(CC(C)=O)c(OC)c1. The van der Waals surface area contributed by atoms with E-state index in [9.17, 15) is 4.79 Å². The molecule has 3 nitrogen and oxygen atoms in total. The predicted molar refractivity (Wildman–Crippen MR) is 58.9 cm³/mol. The number of Topliss-reactive ketones (excluding diaryl/α,β-unsaturated/α-hetero) is 1. The molecular weight excluding hydrogens is 216 g/mol. The van der Waals surface area contributed by atoms with E-state index < -0.39 is 0 Å². The lowest BCUT2D eigenvalue weighted by molar-refractivity contribution is -0.116. The monoisotopic (exact) mass is 228 g/mol. The standard InChI is InChI=1S/C11H13ClO3/c1-7(13)4-9-10(12)5-8(14-2)6-11(9)15-3/h5-6H,4H2,1-3H3. The first-order valence-corrected chi connectivity index (χ1v) is 4.86. The summed E-state index contributed by atoms with van der Waals surface area (Å²) < 4.78 is 10.2. The van der Waals surface area contributed by atoms with E-state index in [1.54, 1.807) is 19.2 Å². The largest absolute Gasteiger partial charge is 0.497 e. The van der Waals surface area contributed by atoms with Crippen molar-refractivity contribution in [2.45, 2.75) is 13.3 Å². The first-order valence-electron chi connectivity index (χ1n) is 4.48. The van der Waals surface area contributed by atoms with Crippen LogP contribution >= 0.6 is 11.6 Å². The average molecular weight is 229 g/mol. The van der Waals surface area contributed by atoms with Gasteiger partial charge in [-0.05, 0) is 13.0 Å². The molecule has 0 bridgehead atoms. The third-order valence-electron chi connectivity index (χ3n) is 2.01. The quantitative estimate of drug-likeness (QED) is 0.794. The Morgan fingerprint density at radius 2 is 2.00 bits per heavy atom. The van der Waals surface area contributed by atoms with Crippen LogP contribution in [-0.2, 0) is 11.2 Å². The predicted octanol–water partition coefficient (Wildman–Crippen LogP) is 2.49. The molecule has 0 spiro atoms. The third kappa shape index (κ3) is 2.86. The highest BCUT2D eigenvalue weighted by molar-refractivity contribution is 6.32. The zero-order valence-electron chi connectivity index (χ0n) is 8.96. The number of rotatable bonds is 4. The molecule has 0 aliphatic rings. The van der Waals surface area contributed by atoms with Crippen molar-refractivity contribution in [2.75, 3.05) is 14.2 Å². The van der Waals surface area contributed by atoms with Crippen molar-refractivity contribution in [3.05, 3.63) is 22.7 Å². The van der Waals surface area contributed by atoms with Crippen molar-refractivity contribution in [1.29, 1.82) is 0 Å². The highest BCUT2D eigenvalue weighted by atomic mass is 35.5. The highest BCUT2D eigenvalue weighted by Crippen LogP contribution is 2.32. The van der Waals surface area contributed by atoms with Gasteiger partial charge in [0.05, 0.1) is 19.2 Å². The van der Waals surface area contributed by atoms with Gasteiger partial charge in [0.2, 0.25) is 0 Å². The summed E-state index contributed by atoms with van der Waals surface area (Å²) in [6.07, 6.45) is 0.270. The molecule has 1 rings (SSSR count). The minimum atomic E-state index is 0.0420. The molecule has 0 N–H and O–H groups in total. The average Bonchev–Trinajstić information content (AvgIpc) is 2.20.